The number of anilines is 1. The molecule has 2 aromatic heterocycles. The molecule has 2 N–H and O–H groups in total. The molecule has 0 bridgehead atoms. The summed E-state index contributed by atoms with van der Waals surface area (Å²) in [6, 6.07) is 1.76. The number of alkyl halides is 3. The van der Waals surface area contributed by atoms with Crippen LogP contribution in [0.15, 0.2) is 0 Å². The van der Waals surface area contributed by atoms with E-state index in [4.69, 9.17) is 11.6 Å². The molecule has 0 saturated carbocycles. The molecule has 0 aliphatic carbocycles. The molecule has 0 aromatic carbocycles. The van der Waals surface area contributed by atoms with Crippen LogP contribution >= 0.6 is 11.6 Å². The number of hydrogen-bond donors (Lipinski definition) is 2. The maximum atomic E-state index is 13.6. The molecule has 0 radical (unpaired) electrons. The zero-order valence-corrected chi connectivity index (χ0v) is 15.6. The quantitative estimate of drug-likeness (QED) is 0.759. The molecule has 9 heteroatoms. The highest BCUT2D eigenvalue weighted by Crippen LogP contribution is 2.43. The third-order valence-corrected chi connectivity index (χ3v) is 6.09. The highest BCUT2D eigenvalue weighted by molar-refractivity contribution is 6.36. The van der Waals surface area contributed by atoms with Crippen molar-refractivity contribution >= 4 is 28.3 Å². The molecule has 0 amide bonds. The van der Waals surface area contributed by atoms with Crippen molar-refractivity contribution in [3.63, 3.8) is 0 Å². The number of nitriles is 1. The third kappa shape index (κ3) is 2.93. The number of H-pyrrole nitrogens is 1. The van der Waals surface area contributed by atoms with Crippen molar-refractivity contribution in [3.05, 3.63) is 22.0 Å². The van der Waals surface area contributed by atoms with Gasteiger partial charge >= 0.3 is 6.18 Å². The Hall–Kier alpha value is -1.98. The monoisotopic (exact) mass is 397 g/mol. The van der Waals surface area contributed by atoms with Crippen molar-refractivity contribution < 1.29 is 13.2 Å². The minimum Gasteiger partial charge on any atom is -0.367 e. The fourth-order valence-electron chi connectivity index (χ4n) is 4.44. The van der Waals surface area contributed by atoms with Crippen LogP contribution in [0, 0.1) is 18.3 Å². The lowest BCUT2D eigenvalue weighted by molar-refractivity contribution is -0.141. The summed E-state index contributed by atoms with van der Waals surface area (Å²) in [4.78, 5) is 8.67. The summed E-state index contributed by atoms with van der Waals surface area (Å²) in [7, 11) is 0. The van der Waals surface area contributed by atoms with E-state index in [1.54, 1.807) is 13.0 Å². The Morgan fingerprint density at radius 3 is 2.67 bits per heavy atom. The van der Waals surface area contributed by atoms with Gasteiger partial charge in [0.1, 0.15) is 17.1 Å². The largest absolute Gasteiger partial charge is 0.434 e. The van der Waals surface area contributed by atoms with Crippen LogP contribution in [-0.4, -0.2) is 35.1 Å². The van der Waals surface area contributed by atoms with Gasteiger partial charge in [0.25, 0.3) is 0 Å². The molecule has 1 unspecified atom stereocenters. The second-order valence-corrected chi connectivity index (χ2v) is 7.79. The minimum absolute atomic E-state index is 0.0643. The lowest BCUT2D eigenvalue weighted by Crippen LogP contribution is -2.54. The van der Waals surface area contributed by atoms with E-state index in [1.807, 2.05) is 4.90 Å². The lowest BCUT2D eigenvalue weighted by Gasteiger charge is -2.42. The van der Waals surface area contributed by atoms with Gasteiger partial charge in [-0.3, -0.25) is 0 Å². The van der Waals surface area contributed by atoms with E-state index in [9.17, 15) is 18.4 Å². The van der Waals surface area contributed by atoms with Gasteiger partial charge in [-0.1, -0.05) is 11.6 Å². The predicted molar refractivity (Wildman–Crippen MR) is 97.0 cm³/mol. The van der Waals surface area contributed by atoms with E-state index >= 15 is 0 Å². The van der Waals surface area contributed by atoms with Crippen LogP contribution in [0.1, 0.15) is 42.6 Å². The average Bonchev–Trinajstić information content (AvgIpc) is 3.17. The van der Waals surface area contributed by atoms with Crippen LogP contribution in [-0.2, 0) is 6.18 Å². The molecule has 2 aromatic rings. The second kappa shape index (κ2) is 6.28. The maximum Gasteiger partial charge on any atom is 0.434 e. The summed E-state index contributed by atoms with van der Waals surface area (Å²) < 4.78 is 40.9. The summed E-state index contributed by atoms with van der Waals surface area (Å²) in [5.41, 5.74) is -0.460. The lowest BCUT2D eigenvalue weighted by atomic mass is 9.87. The number of aromatic amines is 1. The first-order valence-electron chi connectivity index (χ1n) is 8.95. The molecule has 2 fully saturated rings. The number of aromatic nitrogens is 2. The Morgan fingerprint density at radius 2 is 2.04 bits per heavy atom. The van der Waals surface area contributed by atoms with E-state index in [0.29, 0.717) is 24.3 Å². The van der Waals surface area contributed by atoms with Gasteiger partial charge < -0.3 is 15.2 Å². The van der Waals surface area contributed by atoms with Gasteiger partial charge in [-0.15, -0.1) is 0 Å². The number of fused-ring (bicyclic) bond motifs is 1. The van der Waals surface area contributed by atoms with E-state index in [2.05, 4.69) is 15.3 Å². The SMILES string of the molecule is Cc1[nH]c2c(N3CCCC4(CCCN4)C3)c(C#N)c(C(F)(F)F)nc2c1Cl. The van der Waals surface area contributed by atoms with Crippen molar-refractivity contribution in [1.82, 2.24) is 15.3 Å². The molecule has 4 heterocycles. The zero-order chi connectivity index (χ0) is 19.4. The number of hydrogen-bond acceptors (Lipinski definition) is 4. The van der Waals surface area contributed by atoms with Crippen LogP contribution in [0.2, 0.25) is 5.02 Å². The Morgan fingerprint density at radius 1 is 1.30 bits per heavy atom. The minimum atomic E-state index is -4.73. The number of rotatable bonds is 1. The smallest absolute Gasteiger partial charge is 0.367 e. The summed E-state index contributed by atoms with van der Waals surface area (Å²) in [6.07, 6.45) is -0.878. The van der Waals surface area contributed by atoms with Gasteiger partial charge in [-0.2, -0.15) is 18.4 Å². The fourth-order valence-corrected chi connectivity index (χ4v) is 4.62. The average molecular weight is 398 g/mol. The number of nitrogens with one attached hydrogen (secondary N) is 2. The topological polar surface area (TPSA) is 67.7 Å². The van der Waals surface area contributed by atoms with E-state index in [-0.39, 0.29) is 21.8 Å². The van der Waals surface area contributed by atoms with Gasteiger partial charge in [-0.25, -0.2) is 4.98 Å². The van der Waals surface area contributed by atoms with E-state index in [1.165, 1.54) is 0 Å². The molecular weight excluding hydrogens is 379 g/mol. The summed E-state index contributed by atoms with van der Waals surface area (Å²) >= 11 is 6.22. The number of aryl methyl sites for hydroxylation is 1. The van der Waals surface area contributed by atoms with Gasteiger partial charge in [0, 0.05) is 24.3 Å². The highest BCUT2D eigenvalue weighted by Gasteiger charge is 2.42. The molecular formula is C18H19ClF3N5. The van der Waals surface area contributed by atoms with Crippen LogP contribution in [0.3, 0.4) is 0 Å². The summed E-state index contributed by atoms with van der Waals surface area (Å²) in [6.45, 7) is 3.74. The van der Waals surface area contributed by atoms with E-state index < -0.39 is 17.4 Å². The number of nitrogens with zero attached hydrogens (tertiary/aromatic N) is 3. The predicted octanol–water partition coefficient (Wildman–Crippen LogP) is 4.14. The Kier molecular flexibility index (Phi) is 4.28. The van der Waals surface area contributed by atoms with Gasteiger partial charge in [0.15, 0.2) is 5.69 Å². The first-order chi connectivity index (χ1) is 12.8. The van der Waals surface area contributed by atoms with Gasteiger partial charge in [0.05, 0.1) is 16.2 Å². The standard InChI is InChI=1S/C18H19ClF3N5/c1-10-12(19)13-14(25-10)15(11(8-23)16(26-13)18(20,21)22)27-7-3-5-17(9-27)4-2-6-24-17/h24-25H,2-7,9H2,1H3. The van der Waals surface area contributed by atoms with Crippen molar-refractivity contribution in [2.75, 3.05) is 24.5 Å². The third-order valence-electron chi connectivity index (χ3n) is 5.63. The van der Waals surface area contributed by atoms with Crippen molar-refractivity contribution in [2.45, 2.75) is 44.3 Å². The Labute approximate surface area is 159 Å². The van der Waals surface area contributed by atoms with Crippen molar-refractivity contribution in [1.29, 1.82) is 5.26 Å². The van der Waals surface area contributed by atoms with Crippen LogP contribution in [0.25, 0.3) is 11.0 Å². The van der Waals surface area contributed by atoms with E-state index in [0.717, 1.165) is 32.2 Å². The molecule has 4 rings (SSSR count). The molecule has 27 heavy (non-hydrogen) atoms. The molecule has 2 saturated heterocycles. The molecule has 1 atom stereocenters. The summed E-state index contributed by atoms with van der Waals surface area (Å²) in [5, 5.41) is 13.3. The van der Waals surface area contributed by atoms with Gasteiger partial charge in [-0.05, 0) is 39.2 Å². The number of piperidine rings is 1. The number of halogens is 4. The molecule has 144 valence electrons. The maximum absolute atomic E-state index is 13.6. The zero-order valence-electron chi connectivity index (χ0n) is 14.8. The van der Waals surface area contributed by atoms with Crippen molar-refractivity contribution in [3.8, 4) is 6.07 Å². The van der Waals surface area contributed by atoms with Crippen LogP contribution in [0.5, 0.6) is 0 Å². The molecule has 2 aliphatic rings. The normalized spacial score (nSPS) is 23.3. The van der Waals surface area contributed by atoms with Crippen LogP contribution < -0.4 is 10.2 Å². The van der Waals surface area contributed by atoms with Crippen molar-refractivity contribution in [2.24, 2.45) is 0 Å². The molecule has 1 spiro atoms. The first-order valence-corrected chi connectivity index (χ1v) is 9.32. The molecule has 2 aliphatic heterocycles. The highest BCUT2D eigenvalue weighted by atomic mass is 35.5. The molecule has 5 nitrogen and oxygen atoms in total. The van der Waals surface area contributed by atoms with Crippen LogP contribution in [0.4, 0.5) is 18.9 Å². The Balaban J connectivity index is 1.95. The summed E-state index contributed by atoms with van der Waals surface area (Å²) in [5.74, 6) is 0. The Bertz CT molecular complexity index is 937. The van der Waals surface area contributed by atoms with Gasteiger partial charge in [0.2, 0.25) is 0 Å². The second-order valence-electron chi connectivity index (χ2n) is 7.42. The number of pyridine rings is 1. The first kappa shape index (κ1) is 18.4. The fraction of sp³-hybridized carbons (Fsp3) is 0.556.